The van der Waals surface area contributed by atoms with Crippen molar-refractivity contribution in [2.75, 3.05) is 33.3 Å². The molecule has 38 heavy (non-hydrogen) atoms. The number of piperazine rings is 1. The largest absolute Gasteiger partial charge is 0.494 e. The first-order valence-electron chi connectivity index (χ1n) is 13.4. The Labute approximate surface area is 220 Å². The van der Waals surface area contributed by atoms with Gasteiger partial charge in [0.25, 0.3) is 11.7 Å². The Balaban J connectivity index is 1.16. The molecular weight excluding hydrogens is 486 g/mol. The second kappa shape index (κ2) is 9.52. The molecule has 3 atom stereocenters. The van der Waals surface area contributed by atoms with Crippen LogP contribution >= 0.6 is 0 Å². The Bertz CT molecular complexity index is 1360. The molecule has 11 nitrogen and oxygen atoms in total. The number of ether oxygens (including phenoxy) is 1. The Hall–Kier alpha value is -3.76. The van der Waals surface area contributed by atoms with E-state index in [1.165, 1.54) is 56.1 Å². The van der Waals surface area contributed by atoms with E-state index < -0.39 is 11.7 Å². The van der Waals surface area contributed by atoms with Crippen LogP contribution in [0, 0.1) is 17.3 Å². The van der Waals surface area contributed by atoms with Gasteiger partial charge in [0.05, 0.1) is 42.2 Å². The fourth-order valence-electron chi connectivity index (χ4n) is 6.99. The number of Topliss-reactive ketones (excluding diaryl/α,β-unsaturated/α-hetero) is 1. The maximum atomic E-state index is 13.6. The third-order valence-corrected chi connectivity index (χ3v) is 8.69. The van der Waals surface area contributed by atoms with E-state index in [0.29, 0.717) is 60.5 Å². The highest BCUT2D eigenvalue weighted by molar-refractivity contribution is 6.45. The standard InChI is InChI=1S/C27H33N7O4/c1-27(13-17-4-3-5-18(12-17)14-27)26(37)33-10-8-32(9-11-33)25(36)23(35)19-15-28-22-21(19)20(38-2)16-29-24(22)34-7-6-30-31-34/h6-7,15-18,28H,3-5,8-14H2,1-2H3/t17-,18+,27?. The molecule has 2 aliphatic carbocycles. The molecule has 3 aliphatic rings. The van der Waals surface area contributed by atoms with Gasteiger partial charge in [-0.3, -0.25) is 14.4 Å². The van der Waals surface area contributed by atoms with Crippen LogP contribution in [0.4, 0.5) is 0 Å². The summed E-state index contributed by atoms with van der Waals surface area (Å²) in [6, 6.07) is 0. The number of fused-ring (bicyclic) bond motifs is 3. The smallest absolute Gasteiger partial charge is 0.295 e. The number of nitrogens with one attached hydrogen (secondary N) is 1. The molecule has 3 aromatic rings. The van der Waals surface area contributed by atoms with Gasteiger partial charge < -0.3 is 19.5 Å². The zero-order chi connectivity index (χ0) is 26.4. The van der Waals surface area contributed by atoms with Gasteiger partial charge in [-0.05, 0) is 31.1 Å². The van der Waals surface area contributed by atoms with Crippen LogP contribution in [-0.4, -0.2) is 85.6 Å². The molecule has 1 saturated heterocycles. The molecule has 1 unspecified atom stereocenters. The van der Waals surface area contributed by atoms with E-state index in [9.17, 15) is 14.4 Å². The number of aromatic amines is 1. The number of carbonyl (C=O) groups excluding carboxylic acids is 3. The normalized spacial score (nSPS) is 25.4. The SMILES string of the molecule is COc1cnc(-n2ccnn2)c2[nH]cc(C(=O)C(=O)N3CCN(C(=O)C4(C)C[C@@H]5CCC[C@@H](C5)C4)CC3)c12. The van der Waals surface area contributed by atoms with Crippen molar-refractivity contribution in [2.45, 2.75) is 45.4 Å². The summed E-state index contributed by atoms with van der Waals surface area (Å²) in [6.07, 6.45) is 13.1. The van der Waals surface area contributed by atoms with E-state index in [1.54, 1.807) is 11.1 Å². The Morgan fingerprint density at radius 2 is 1.79 bits per heavy atom. The van der Waals surface area contributed by atoms with Gasteiger partial charge in [0.2, 0.25) is 5.91 Å². The van der Waals surface area contributed by atoms with Crippen molar-refractivity contribution in [3.63, 3.8) is 0 Å². The summed E-state index contributed by atoms with van der Waals surface area (Å²) in [5.74, 6) is 1.13. The summed E-state index contributed by atoms with van der Waals surface area (Å²) in [6.45, 7) is 3.70. The number of hydrogen-bond donors (Lipinski definition) is 1. The predicted molar refractivity (Wildman–Crippen MR) is 138 cm³/mol. The third-order valence-electron chi connectivity index (χ3n) is 8.69. The number of rotatable bonds is 5. The molecule has 2 amide bonds. The van der Waals surface area contributed by atoms with E-state index in [0.717, 1.165) is 12.8 Å². The zero-order valence-corrected chi connectivity index (χ0v) is 21.9. The number of amides is 2. The van der Waals surface area contributed by atoms with E-state index in [1.807, 2.05) is 4.90 Å². The first kappa shape index (κ1) is 24.6. The van der Waals surface area contributed by atoms with Crippen LogP contribution in [0.5, 0.6) is 5.75 Å². The molecule has 1 N–H and O–H groups in total. The van der Waals surface area contributed by atoms with Gasteiger partial charge in [-0.15, -0.1) is 5.10 Å². The van der Waals surface area contributed by atoms with Crippen molar-refractivity contribution in [2.24, 2.45) is 17.3 Å². The summed E-state index contributed by atoms with van der Waals surface area (Å²) in [7, 11) is 1.49. The predicted octanol–water partition coefficient (Wildman–Crippen LogP) is 2.61. The van der Waals surface area contributed by atoms with E-state index >= 15 is 0 Å². The second-order valence-corrected chi connectivity index (χ2v) is 11.2. The topological polar surface area (TPSA) is 126 Å². The van der Waals surface area contributed by atoms with Gasteiger partial charge in [0.15, 0.2) is 5.82 Å². The zero-order valence-electron chi connectivity index (χ0n) is 21.9. The van der Waals surface area contributed by atoms with E-state index in [4.69, 9.17) is 4.74 Å². The molecule has 2 bridgehead atoms. The van der Waals surface area contributed by atoms with E-state index in [-0.39, 0.29) is 16.9 Å². The van der Waals surface area contributed by atoms with Crippen LogP contribution < -0.4 is 4.74 Å². The number of carbonyl (C=O) groups is 3. The summed E-state index contributed by atoms with van der Waals surface area (Å²) < 4.78 is 6.94. The number of nitrogens with zero attached hydrogens (tertiary/aromatic N) is 6. The monoisotopic (exact) mass is 519 g/mol. The number of H-pyrrole nitrogens is 1. The van der Waals surface area contributed by atoms with Crippen LogP contribution in [-0.2, 0) is 9.59 Å². The maximum absolute atomic E-state index is 13.6. The molecule has 3 fully saturated rings. The average molecular weight is 520 g/mol. The first-order valence-corrected chi connectivity index (χ1v) is 13.4. The van der Waals surface area contributed by atoms with Crippen molar-refractivity contribution in [1.82, 2.24) is 34.8 Å². The molecule has 6 rings (SSSR count). The summed E-state index contributed by atoms with van der Waals surface area (Å²) in [4.78, 5) is 51.2. The van der Waals surface area contributed by atoms with Crippen LogP contribution in [0.25, 0.3) is 16.7 Å². The van der Waals surface area contributed by atoms with Gasteiger partial charge >= 0.3 is 0 Å². The lowest BCUT2D eigenvalue weighted by atomic mass is 9.61. The van der Waals surface area contributed by atoms with Crippen molar-refractivity contribution >= 4 is 28.5 Å². The highest BCUT2D eigenvalue weighted by Gasteiger charge is 2.46. The van der Waals surface area contributed by atoms with Gasteiger partial charge in [0, 0.05) is 37.8 Å². The third kappa shape index (κ3) is 4.13. The van der Waals surface area contributed by atoms with Crippen LogP contribution in [0.1, 0.15) is 55.8 Å². The fraction of sp³-hybridized carbons (Fsp3) is 0.556. The maximum Gasteiger partial charge on any atom is 0.295 e. The minimum Gasteiger partial charge on any atom is -0.494 e. The lowest BCUT2D eigenvalue weighted by molar-refractivity contribution is -0.149. The molecule has 11 heteroatoms. The minimum absolute atomic E-state index is 0.210. The Morgan fingerprint density at radius 3 is 2.45 bits per heavy atom. The van der Waals surface area contributed by atoms with Crippen molar-refractivity contribution < 1.29 is 19.1 Å². The van der Waals surface area contributed by atoms with Crippen LogP contribution in [0.3, 0.4) is 0 Å². The molecule has 3 aromatic heterocycles. The highest BCUT2D eigenvalue weighted by atomic mass is 16.5. The number of pyridine rings is 1. The van der Waals surface area contributed by atoms with Crippen molar-refractivity contribution in [3.8, 4) is 11.6 Å². The number of methoxy groups -OCH3 is 1. The second-order valence-electron chi connectivity index (χ2n) is 11.2. The molecule has 1 aliphatic heterocycles. The molecule has 0 aromatic carbocycles. The lowest BCUT2D eigenvalue weighted by Gasteiger charge is -2.47. The van der Waals surface area contributed by atoms with Gasteiger partial charge in [-0.2, -0.15) is 0 Å². The Morgan fingerprint density at radius 1 is 1.08 bits per heavy atom. The van der Waals surface area contributed by atoms with Gasteiger partial charge in [-0.25, -0.2) is 9.67 Å². The van der Waals surface area contributed by atoms with Crippen LogP contribution in [0.2, 0.25) is 0 Å². The Kier molecular flexibility index (Phi) is 6.16. The molecule has 4 heterocycles. The molecular formula is C27H33N7O4. The number of ketones is 1. The molecule has 200 valence electrons. The summed E-state index contributed by atoms with van der Waals surface area (Å²) >= 11 is 0. The van der Waals surface area contributed by atoms with Gasteiger partial charge in [0.1, 0.15) is 5.75 Å². The minimum atomic E-state index is -0.628. The number of hydrogen-bond acceptors (Lipinski definition) is 7. The van der Waals surface area contributed by atoms with E-state index in [2.05, 4.69) is 27.2 Å². The van der Waals surface area contributed by atoms with Crippen molar-refractivity contribution in [1.29, 1.82) is 0 Å². The molecule has 2 saturated carbocycles. The highest BCUT2D eigenvalue weighted by Crippen LogP contribution is 2.49. The molecule has 0 spiro atoms. The quantitative estimate of drug-likeness (QED) is 0.406. The average Bonchev–Trinajstić information content (AvgIpc) is 3.62. The lowest BCUT2D eigenvalue weighted by Crippen LogP contribution is -2.56. The first-order chi connectivity index (χ1) is 18.4. The van der Waals surface area contributed by atoms with Gasteiger partial charge in [-0.1, -0.05) is 31.4 Å². The summed E-state index contributed by atoms with van der Waals surface area (Å²) in [5.41, 5.74) is 0.421. The summed E-state index contributed by atoms with van der Waals surface area (Å²) in [5, 5.41) is 8.27. The number of aromatic nitrogens is 5. The van der Waals surface area contributed by atoms with Crippen LogP contribution in [0.15, 0.2) is 24.8 Å². The fourth-order valence-corrected chi connectivity index (χ4v) is 6.99. The molecule has 0 radical (unpaired) electrons. The van der Waals surface area contributed by atoms with Crippen molar-refractivity contribution in [3.05, 3.63) is 30.4 Å².